The largest absolute Gasteiger partial charge is 0.270 e. The van der Waals surface area contributed by atoms with Crippen molar-refractivity contribution in [1.29, 1.82) is 5.26 Å². The molecule has 0 heterocycles. The zero-order valence-corrected chi connectivity index (χ0v) is 20.5. The Morgan fingerprint density at radius 3 is 1.67 bits per heavy atom. The van der Waals surface area contributed by atoms with Crippen LogP contribution in [0.25, 0.3) is 5.57 Å². The van der Waals surface area contributed by atoms with Gasteiger partial charge in [-0.3, -0.25) is 0 Å². The van der Waals surface area contributed by atoms with Crippen LogP contribution in [0.4, 0.5) is 17.6 Å². The van der Waals surface area contributed by atoms with E-state index in [1.54, 1.807) is 6.92 Å². The molecule has 2 rings (SSSR count). The third kappa shape index (κ3) is 9.54. The highest BCUT2D eigenvalue weighted by Gasteiger charge is 2.30. The average Bonchev–Trinajstić information content (AvgIpc) is 2.72. The van der Waals surface area contributed by atoms with Crippen molar-refractivity contribution in [1.82, 2.24) is 0 Å². The lowest BCUT2D eigenvalue weighted by Crippen LogP contribution is -2.13. The molecule has 0 aliphatic rings. The summed E-state index contributed by atoms with van der Waals surface area (Å²) in [4.78, 5) is 0. The number of halogens is 4. The van der Waals surface area contributed by atoms with E-state index in [4.69, 9.17) is 5.26 Å². The fraction of sp³-hybridized carbons (Fsp3) is 0.393. The van der Waals surface area contributed by atoms with Crippen LogP contribution in [0, 0.1) is 31.1 Å². The van der Waals surface area contributed by atoms with Crippen molar-refractivity contribution >= 4 is 5.57 Å². The van der Waals surface area contributed by atoms with Gasteiger partial charge in [-0.2, -0.15) is 5.26 Å². The maximum Gasteiger partial charge on any atom is 0.270 e. The number of aryl methyl sites for hydroxylation is 1. The van der Waals surface area contributed by atoms with Gasteiger partial charge in [0.05, 0.1) is 6.07 Å². The van der Waals surface area contributed by atoms with E-state index >= 15 is 0 Å². The van der Waals surface area contributed by atoms with Crippen LogP contribution in [0.1, 0.15) is 81.3 Å². The molecule has 0 fully saturated rings. The summed E-state index contributed by atoms with van der Waals surface area (Å²) in [5, 5.41) is 9.10. The molecule has 5 heteroatoms. The van der Waals surface area contributed by atoms with Gasteiger partial charge in [0.2, 0.25) is 0 Å². The first-order valence-electron chi connectivity index (χ1n) is 10.6. The molecule has 0 saturated carbocycles. The minimum absolute atomic E-state index is 0.237. The highest BCUT2D eigenvalue weighted by Crippen LogP contribution is 2.35. The molecule has 0 aliphatic carbocycles. The number of alkyl halides is 4. The smallest absolute Gasteiger partial charge is 0.202 e. The van der Waals surface area contributed by atoms with Crippen LogP contribution in [-0.2, 0) is 18.3 Å². The van der Waals surface area contributed by atoms with Crippen molar-refractivity contribution in [2.75, 3.05) is 0 Å². The Morgan fingerprint density at radius 1 is 0.848 bits per heavy atom. The van der Waals surface area contributed by atoms with Gasteiger partial charge in [-0.25, -0.2) is 17.6 Å². The van der Waals surface area contributed by atoms with Crippen LogP contribution in [0.2, 0.25) is 0 Å². The fourth-order valence-corrected chi connectivity index (χ4v) is 3.02. The number of terminal acetylenes is 1. The molecule has 0 spiro atoms. The van der Waals surface area contributed by atoms with Gasteiger partial charge in [-0.1, -0.05) is 44.0 Å². The lowest BCUT2D eigenvalue weighted by molar-refractivity contribution is 0.0104. The summed E-state index contributed by atoms with van der Waals surface area (Å²) in [5.74, 6) is -6.42. The molecule has 1 nitrogen and oxygen atoms in total. The number of hydrogen-bond donors (Lipinski definition) is 0. The standard InChI is InChI=1S/C23H23F4N.C3H8.C2H2/c1-14-6-17(9-19(7-14)16(3)15(2)13-28)8-18-10-20(22(4,24)25)12-21(11-18)23(5,26)27;1-3-2;1-2/h6-7,9-12H,8H2,1-5H3;3H2,1-2H3;1-2H/b16-15-;;. The molecule has 0 bridgehead atoms. The third-order valence-corrected chi connectivity index (χ3v) is 4.72. The zero-order valence-electron chi connectivity index (χ0n) is 20.5. The van der Waals surface area contributed by atoms with Crippen LogP contribution < -0.4 is 0 Å². The Morgan fingerprint density at radius 2 is 1.27 bits per heavy atom. The van der Waals surface area contributed by atoms with Gasteiger partial charge in [0, 0.05) is 30.5 Å². The number of nitrogens with zero attached hydrogens (tertiary/aromatic N) is 1. The molecule has 0 unspecified atom stereocenters. The molecule has 0 aliphatic heterocycles. The molecule has 0 aromatic heterocycles. The molecule has 0 amide bonds. The van der Waals surface area contributed by atoms with Crippen LogP contribution in [-0.4, -0.2) is 0 Å². The predicted molar refractivity (Wildman–Crippen MR) is 129 cm³/mol. The molecule has 2 aromatic carbocycles. The van der Waals surface area contributed by atoms with Crippen molar-refractivity contribution in [2.45, 2.75) is 73.2 Å². The van der Waals surface area contributed by atoms with Gasteiger partial charge >= 0.3 is 0 Å². The van der Waals surface area contributed by atoms with E-state index in [0.29, 0.717) is 25.0 Å². The van der Waals surface area contributed by atoms with Crippen LogP contribution in [0.15, 0.2) is 42.0 Å². The maximum atomic E-state index is 13.8. The van der Waals surface area contributed by atoms with Gasteiger partial charge in [-0.15, -0.1) is 12.8 Å². The van der Waals surface area contributed by atoms with E-state index in [9.17, 15) is 17.6 Å². The Hall–Kier alpha value is -3.05. The van der Waals surface area contributed by atoms with Crippen molar-refractivity contribution in [3.63, 3.8) is 0 Å². The average molecular weight is 460 g/mol. The summed E-state index contributed by atoms with van der Waals surface area (Å²) in [6, 6.07) is 11.2. The molecule has 2 aromatic rings. The minimum Gasteiger partial charge on any atom is -0.202 e. The normalized spacial score (nSPS) is 11.8. The fourth-order valence-electron chi connectivity index (χ4n) is 3.02. The molecule has 178 valence electrons. The Balaban J connectivity index is 0.00000189. The lowest BCUT2D eigenvalue weighted by Gasteiger charge is -2.18. The zero-order chi connectivity index (χ0) is 26.0. The van der Waals surface area contributed by atoms with Crippen molar-refractivity contribution in [2.24, 2.45) is 0 Å². The molecule has 33 heavy (non-hydrogen) atoms. The van der Waals surface area contributed by atoms with Crippen LogP contribution in [0.5, 0.6) is 0 Å². The molecular weight excluding hydrogens is 426 g/mol. The second-order valence-corrected chi connectivity index (χ2v) is 8.15. The SMILES string of the molecule is C#C.C/C(C#N)=C(\C)c1cc(C)cc(Cc2cc(C(C)(F)F)cc(C(C)(F)F)c2)c1.CCC. The summed E-state index contributed by atoms with van der Waals surface area (Å²) >= 11 is 0. The Bertz CT molecular complexity index is 981. The van der Waals surface area contributed by atoms with Crippen molar-refractivity contribution in [3.8, 4) is 18.9 Å². The van der Waals surface area contributed by atoms with Crippen LogP contribution in [0.3, 0.4) is 0 Å². The quantitative estimate of drug-likeness (QED) is 0.249. The number of benzene rings is 2. The monoisotopic (exact) mass is 459 g/mol. The Labute approximate surface area is 196 Å². The molecule has 0 radical (unpaired) electrons. The number of hydrogen-bond acceptors (Lipinski definition) is 1. The van der Waals surface area contributed by atoms with Gasteiger partial charge in [-0.05, 0) is 67.7 Å². The van der Waals surface area contributed by atoms with E-state index < -0.39 is 23.0 Å². The topological polar surface area (TPSA) is 23.8 Å². The summed E-state index contributed by atoms with van der Waals surface area (Å²) in [6.07, 6.45) is 9.49. The minimum atomic E-state index is -3.21. The van der Waals surface area contributed by atoms with Gasteiger partial charge in [0.25, 0.3) is 11.8 Å². The summed E-state index contributed by atoms with van der Waals surface area (Å²) in [5.41, 5.74) is 3.55. The van der Waals surface area contributed by atoms with Gasteiger partial charge in [0.1, 0.15) is 0 Å². The first-order chi connectivity index (χ1) is 15.2. The molecular formula is C28H33F4N. The van der Waals surface area contributed by atoms with Crippen LogP contribution >= 0.6 is 0 Å². The van der Waals surface area contributed by atoms with Crippen molar-refractivity contribution in [3.05, 3.63) is 75.4 Å². The summed E-state index contributed by atoms with van der Waals surface area (Å²) < 4.78 is 55.3. The molecule has 0 atom stereocenters. The predicted octanol–water partition coefficient (Wildman–Crippen LogP) is 8.79. The number of allylic oxidation sites excluding steroid dienone is 2. The van der Waals surface area contributed by atoms with E-state index in [0.717, 1.165) is 28.3 Å². The molecule has 0 saturated heterocycles. The van der Waals surface area contributed by atoms with Gasteiger partial charge < -0.3 is 0 Å². The second kappa shape index (κ2) is 12.9. The first-order valence-corrected chi connectivity index (χ1v) is 10.6. The number of nitriles is 1. The van der Waals surface area contributed by atoms with E-state index in [2.05, 4.69) is 32.8 Å². The summed E-state index contributed by atoms with van der Waals surface area (Å²) in [7, 11) is 0. The Kier molecular flexibility index (Phi) is 11.7. The van der Waals surface area contributed by atoms with E-state index in [1.807, 2.05) is 32.0 Å². The highest BCUT2D eigenvalue weighted by atomic mass is 19.3. The highest BCUT2D eigenvalue weighted by molar-refractivity contribution is 5.70. The van der Waals surface area contributed by atoms with Crippen molar-refractivity contribution < 1.29 is 17.6 Å². The number of rotatable bonds is 5. The van der Waals surface area contributed by atoms with E-state index in [-0.39, 0.29) is 6.42 Å². The maximum absolute atomic E-state index is 13.8. The first kappa shape index (κ1) is 30.0. The molecule has 0 N–H and O–H groups in total. The summed E-state index contributed by atoms with van der Waals surface area (Å²) in [6.45, 7) is 11.1. The van der Waals surface area contributed by atoms with Gasteiger partial charge in [0.15, 0.2) is 0 Å². The third-order valence-electron chi connectivity index (χ3n) is 4.72. The van der Waals surface area contributed by atoms with E-state index in [1.165, 1.54) is 18.6 Å². The second-order valence-electron chi connectivity index (χ2n) is 8.15. The lowest BCUT2D eigenvalue weighted by atomic mass is 9.93.